The summed E-state index contributed by atoms with van der Waals surface area (Å²) in [4.78, 5) is 3.71. The molecule has 0 aromatic rings. The Morgan fingerprint density at radius 3 is 2.36 bits per heavy atom. The van der Waals surface area contributed by atoms with Gasteiger partial charge in [0.1, 0.15) is 4.62 Å². The van der Waals surface area contributed by atoms with Gasteiger partial charge in [-0.3, -0.25) is 0 Å². The van der Waals surface area contributed by atoms with E-state index in [4.69, 9.17) is 0 Å². The van der Waals surface area contributed by atoms with E-state index in [0.717, 1.165) is 6.42 Å². The van der Waals surface area contributed by atoms with Crippen molar-refractivity contribution < 1.29 is 13.2 Å². The molecule has 0 aliphatic carbocycles. The molecular weight excluding hydrogens is 259 g/mol. The van der Waals surface area contributed by atoms with E-state index in [2.05, 4.69) is 27.5 Å². The van der Waals surface area contributed by atoms with Crippen molar-refractivity contribution in [2.24, 2.45) is 4.99 Å². The first-order valence-corrected chi connectivity index (χ1v) is 4.75. The van der Waals surface area contributed by atoms with Crippen LogP contribution in [-0.4, -0.2) is 10.8 Å². The zero-order valence-electron chi connectivity index (χ0n) is 7.95. The van der Waals surface area contributed by atoms with E-state index in [9.17, 15) is 13.2 Å². The molecule has 14 heavy (non-hydrogen) atoms. The Labute approximate surface area is 89.5 Å². The van der Waals surface area contributed by atoms with Crippen molar-refractivity contribution in [1.29, 1.82) is 0 Å². The maximum absolute atomic E-state index is 12.1. The maximum Gasteiger partial charge on any atom is 0.418 e. The van der Waals surface area contributed by atoms with Gasteiger partial charge in [-0.25, -0.2) is 4.99 Å². The summed E-state index contributed by atoms with van der Waals surface area (Å²) < 4.78 is 36.0. The summed E-state index contributed by atoms with van der Waals surface area (Å²) in [6.07, 6.45) is -1.98. The smallest absolute Gasteiger partial charge is 0.246 e. The molecule has 5 heteroatoms. The van der Waals surface area contributed by atoms with Crippen LogP contribution in [0.25, 0.3) is 0 Å². The van der Waals surface area contributed by atoms with Gasteiger partial charge < -0.3 is 0 Å². The van der Waals surface area contributed by atoms with E-state index in [1.165, 1.54) is 0 Å². The molecule has 0 aromatic carbocycles. The molecule has 0 bridgehead atoms. The van der Waals surface area contributed by atoms with Crippen LogP contribution in [0, 0.1) is 0 Å². The predicted octanol–water partition coefficient (Wildman–Crippen LogP) is 4.21. The monoisotopic (exact) mass is 269 g/mol. The van der Waals surface area contributed by atoms with E-state index in [1.807, 2.05) is 6.92 Å². The molecule has 0 spiro atoms. The van der Waals surface area contributed by atoms with Gasteiger partial charge in [0.15, 0.2) is 0 Å². The van der Waals surface area contributed by atoms with Crippen LogP contribution in [0.1, 0.15) is 20.3 Å². The van der Waals surface area contributed by atoms with Crippen LogP contribution >= 0.6 is 15.9 Å². The number of halogens is 4. The molecule has 0 radical (unpaired) electrons. The van der Waals surface area contributed by atoms with Gasteiger partial charge in [-0.1, -0.05) is 19.6 Å². The summed E-state index contributed by atoms with van der Waals surface area (Å²) >= 11 is 2.74. The van der Waals surface area contributed by atoms with E-state index in [-0.39, 0.29) is 4.62 Å². The first-order chi connectivity index (χ1) is 6.29. The lowest BCUT2D eigenvalue weighted by Gasteiger charge is -2.07. The third kappa shape index (κ3) is 4.60. The molecule has 0 aliphatic rings. The molecule has 0 aromatic heterocycles. The van der Waals surface area contributed by atoms with E-state index >= 15 is 0 Å². The number of hydrogen-bond donors (Lipinski definition) is 0. The lowest BCUT2D eigenvalue weighted by Crippen LogP contribution is -2.15. The summed E-state index contributed by atoms with van der Waals surface area (Å²) in [6, 6.07) is 0. The molecule has 0 saturated heterocycles. The van der Waals surface area contributed by atoms with Crippen molar-refractivity contribution in [2.45, 2.75) is 26.4 Å². The normalized spacial score (nSPS) is 14.4. The van der Waals surface area contributed by atoms with E-state index in [0.29, 0.717) is 5.70 Å². The minimum atomic E-state index is -4.44. The van der Waals surface area contributed by atoms with Gasteiger partial charge in [-0.15, -0.1) is 0 Å². The fourth-order valence-corrected chi connectivity index (χ4v) is 1.18. The van der Waals surface area contributed by atoms with Crippen LogP contribution in [0.4, 0.5) is 13.2 Å². The number of alkyl halides is 3. The second kappa shape index (κ2) is 5.34. The number of allylic oxidation sites excluding steroid dienone is 3. The molecule has 0 saturated carbocycles. The summed E-state index contributed by atoms with van der Waals surface area (Å²) in [5.74, 6) is 0. The van der Waals surface area contributed by atoms with Crippen LogP contribution in [0.15, 0.2) is 28.9 Å². The lowest BCUT2D eigenvalue weighted by atomic mass is 10.3. The Kier molecular flexibility index (Phi) is 5.12. The summed E-state index contributed by atoms with van der Waals surface area (Å²) in [5.41, 5.74) is -0.439. The topological polar surface area (TPSA) is 12.4 Å². The summed E-state index contributed by atoms with van der Waals surface area (Å²) in [5, 5.41) is 0. The minimum Gasteiger partial charge on any atom is -0.246 e. The molecular formula is C9H11BrF3N. The maximum atomic E-state index is 12.1. The number of hydrogen-bond acceptors (Lipinski definition) is 1. The average Bonchev–Trinajstić information content (AvgIpc) is 2.01. The van der Waals surface area contributed by atoms with Gasteiger partial charge in [-0.2, -0.15) is 13.2 Å². The third-order valence-corrected chi connectivity index (χ3v) is 2.02. The zero-order chi connectivity index (χ0) is 11.4. The van der Waals surface area contributed by atoms with Crippen molar-refractivity contribution in [3.05, 3.63) is 23.9 Å². The summed E-state index contributed by atoms with van der Waals surface area (Å²) in [6.45, 7) is 6.42. The Morgan fingerprint density at radius 1 is 1.50 bits per heavy atom. The SMILES string of the molecule is C=C(C(Br)=N/C(C)=C\CC)C(F)(F)F. The second-order valence-electron chi connectivity index (χ2n) is 2.63. The van der Waals surface area contributed by atoms with Crippen LogP contribution < -0.4 is 0 Å². The number of aliphatic imine (C=N–C) groups is 1. The van der Waals surface area contributed by atoms with E-state index in [1.54, 1.807) is 13.0 Å². The fourth-order valence-electron chi connectivity index (χ4n) is 0.680. The van der Waals surface area contributed by atoms with Gasteiger partial charge >= 0.3 is 6.18 Å². The Morgan fingerprint density at radius 2 is 2.00 bits per heavy atom. The van der Waals surface area contributed by atoms with Crippen molar-refractivity contribution in [1.82, 2.24) is 0 Å². The Balaban J connectivity index is 4.71. The van der Waals surface area contributed by atoms with Crippen molar-refractivity contribution >= 4 is 20.6 Å². The molecule has 0 amide bonds. The van der Waals surface area contributed by atoms with E-state index < -0.39 is 11.7 Å². The fraction of sp³-hybridized carbons (Fsp3) is 0.444. The zero-order valence-corrected chi connectivity index (χ0v) is 9.54. The highest BCUT2D eigenvalue weighted by Gasteiger charge is 2.34. The predicted molar refractivity (Wildman–Crippen MR) is 55.6 cm³/mol. The quantitative estimate of drug-likeness (QED) is 0.681. The highest BCUT2D eigenvalue weighted by molar-refractivity contribution is 9.18. The third-order valence-electron chi connectivity index (χ3n) is 1.37. The van der Waals surface area contributed by atoms with Gasteiger partial charge in [0.2, 0.25) is 0 Å². The molecule has 0 rings (SSSR count). The highest BCUT2D eigenvalue weighted by Crippen LogP contribution is 2.27. The Hall–Kier alpha value is -0.580. The van der Waals surface area contributed by atoms with Crippen molar-refractivity contribution in [3.8, 4) is 0 Å². The van der Waals surface area contributed by atoms with Crippen LogP contribution in [0.3, 0.4) is 0 Å². The van der Waals surface area contributed by atoms with Gasteiger partial charge in [-0.05, 0) is 29.3 Å². The lowest BCUT2D eigenvalue weighted by molar-refractivity contribution is -0.0853. The molecule has 0 aliphatic heterocycles. The average molecular weight is 270 g/mol. The minimum absolute atomic E-state index is 0.271. The number of nitrogens with zero attached hydrogens (tertiary/aromatic N) is 1. The van der Waals surface area contributed by atoms with Crippen LogP contribution in [0.5, 0.6) is 0 Å². The number of rotatable bonds is 3. The second-order valence-corrected chi connectivity index (χ2v) is 3.38. The molecule has 0 atom stereocenters. The van der Waals surface area contributed by atoms with Crippen molar-refractivity contribution in [2.75, 3.05) is 0 Å². The Bertz CT molecular complexity index is 276. The first kappa shape index (κ1) is 13.4. The van der Waals surface area contributed by atoms with Gasteiger partial charge in [0.05, 0.1) is 5.57 Å². The summed E-state index contributed by atoms with van der Waals surface area (Å²) in [7, 11) is 0. The largest absolute Gasteiger partial charge is 0.418 e. The molecule has 80 valence electrons. The van der Waals surface area contributed by atoms with Gasteiger partial charge in [0.25, 0.3) is 0 Å². The molecule has 0 heterocycles. The standard InChI is InChI=1S/C9H11BrF3N/c1-4-5-6(2)14-8(10)7(3)9(11,12)13/h5H,3-4H2,1-2H3/b6-5-,14-8?. The highest BCUT2D eigenvalue weighted by atomic mass is 79.9. The van der Waals surface area contributed by atoms with Crippen molar-refractivity contribution in [3.63, 3.8) is 0 Å². The molecule has 0 unspecified atom stereocenters. The van der Waals surface area contributed by atoms with Crippen LogP contribution in [-0.2, 0) is 0 Å². The van der Waals surface area contributed by atoms with Crippen LogP contribution in [0.2, 0.25) is 0 Å². The first-order valence-electron chi connectivity index (χ1n) is 3.96. The van der Waals surface area contributed by atoms with Gasteiger partial charge in [0, 0.05) is 5.70 Å². The molecule has 0 fully saturated rings. The molecule has 0 N–H and O–H groups in total. The molecule has 1 nitrogen and oxygen atoms in total.